The van der Waals surface area contributed by atoms with Gasteiger partial charge in [0.15, 0.2) is 0 Å². The molecule has 1 aliphatic rings. The van der Waals surface area contributed by atoms with E-state index in [4.69, 9.17) is 9.47 Å². The van der Waals surface area contributed by atoms with Crippen LogP contribution in [0.25, 0.3) is 0 Å². The van der Waals surface area contributed by atoms with Crippen LogP contribution in [0.15, 0.2) is 54.6 Å². The molecule has 1 atom stereocenters. The van der Waals surface area contributed by atoms with Gasteiger partial charge in [-0.05, 0) is 23.6 Å². The summed E-state index contributed by atoms with van der Waals surface area (Å²) >= 11 is 0. The molecule has 2 aromatic rings. The van der Waals surface area contributed by atoms with Crippen molar-refractivity contribution in [3.63, 3.8) is 0 Å². The van der Waals surface area contributed by atoms with E-state index in [1.54, 1.807) is 12.0 Å². The first kappa shape index (κ1) is 18.9. The summed E-state index contributed by atoms with van der Waals surface area (Å²) < 4.78 is 10.6. The minimum Gasteiger partial charge on any atom is -0.496 e. The third-order valence-corrected chi connectivity index (χ3v) is 4.58. The van der Waals surface area contributed by atoms with Gasteiger partial charge < -0.3 is 19.7 Å². The van der Waals surface area contributed by atoms with E-state index >= 15 is 0 Å². The van der Waals surface area contributed by atoms with E-state index in [2.05, 4.69) is 5.32 Å². The van der Waals surface area contributed by atoms with Gasteiger partial charge in [0.1, 0.15) is 18.4 Å². The molecule has 0 saturated carbocycles. The van der Waals surface area contributed by atoms with Crippen molar-refractivity contribution in [2.24, 2.45) is 0 Å². The third kappa shape index (κ3) is 4.86. The number of para-hydroxylation sites is 1. The van der Waals surface area contributed by atoms with Crippen molar-refractivity contribution in [3.05, 3.63) is 65.7 Å². The summed E-state index contributed by atoms with van der Waals surface area (Å²) in [6.07, 6.45) is 0.649. The number of methoxy groups -OCH3 is 1. The number of morpholine rings is 1. The molecule has 0 radical (unpaired) electrons. The lowest BCUT2D eigenvalue weighted by molar-refractivity contribution is -0.155. The van der Waals surface area contributed by atoms with Crippen LogP contribution in [-0.2, 0) is 27.3 Å². The number of benzene rings is 2. The second-order valence-electron chi connectivity index (χ2n) is 6.39. The first-order valence-corrected chi connectivity index (χ1v) is 9.00. The molecule has 142 valence electrons. The molecule has 0 unspecified atom stereocenters. The normalized spacial score (nSPS) is 16.9. The Bertz CT molecular complexity index is 779. The molecule has 0 bridgehead atoms. The van der Waals surface area contributed by atoms with Crippen LogP contribution in [-0.4, -0.2) is 49.6 Å². The van der Waals surface area contributed by atoms with Crippen LogP contribution in [0.1, 0.15) is 11.1 Å². The second-order valence-corrected chi connectivity index (χ2v) is 6.39. The lowest BCUT2D eigenvalue weighted by Crippen LogP contribution is -2.56. The zero-order chi connectivity index (χ0) is 19.1. The molecule has 1 saturated heterocycles. The summed E-state index contributed by atoms with van der Waals surface area (Å²) in [7, 11) is 1.63. The fourth-order valence-corrected chi connectivity index (χ4v) is 3.15. The Morgan fingerprint density at radius 3 is 2.70 bits per heavy atom. The minimum absolute atomic E-state index is 0.0117. The minimum atomic E-state index is -0.621. The number of amides is 2. The fourth-order valence-electron chi connectivity index (χ4n) is 3.15. The highest BCUT2D eigenvalue weighted by molar-refractivity contribution is 5.89. The van der Waals surface area contributed by atoms with Crippen molar-refractivity contribution in [1.82, 2.24) is 10.2 Å². The molecular weight excluding hydrogens is 344 g/mol. The van der Waals surface area contributed by atoms with E-state index in [9.17, 15) is 9.59 Å². The number of ether oxygens (including phenoxy) is 2. The zero-order valence-electron chi connectivity index (χ0n) is 15.4. The third-order valence-electron chi connectivity index (χ3n) is 4.58. The van der Waals surface area contributed by atoms with E-state index in [1.165, 1.54) is 0 Å². The van der Waals surface area contributed by atoms with Crippen molar-refractivity contribution in [2.45, 2.75) is 19.0 Å². The van der Waals surface area contributed by atoms with Crippen molar-refractivity contribution in [1.29, 1.82) is 0 Å². The van der Waals surface area contributed by atoms with Crippen LogP contribution in [0.3, 0.4) is 0 Å². The summed E-state index contributed by atoms with van der Waals surface area (Å²) in [4.78, 5) is 26.6. The standard InChI is InChI=1S/C21H24N2O4/c1-26-19-10-6-5-9-17(19)11-12-22-21(25)18-14-27-15-20(24)23(18)13-16-7-3-2-4-8-16/h2-10,18H,11-15H2,1H3,(H,22,25)/t18-/m0/s1. The van der Waals surface area contributed by atoms with Crippen LogP contribution in [0, 0.1) is 0 Å². The van der Waals surface area contributed by atoms with Gasteiger partial charge in [0, 0.05) is 13.1 Å². The molecule has 6 nitrogen and oxygen atoms in total. The van der Waals surface area contributed by atoms with Gasteiger partial charge >= 0.3 is 0 Å². The molecule has 0 spiro atoms. The van der Waals surface area contributed by atoms with Gasteiger partial charge in [0.2, 0.25) is 11.8 Å². The van der Waals surface area contributed by atoms with Crippen molar-refractivity contribution in [3.8, 4) is 5.75 Å². The molecular formula is C21H24N2O4. The Hall–Kier alpha value is -2.86. The van der Waals surface area contributed by atoms with Gasteiger partial charge in [-0.3, -0.25) is 9.59 Å². The molecule has 1 N–H and O–H groups in total. The SMILES string of the molecule is COc1ccccc1CCNC(=O)[C@@H]1COCC(=O)N1Cc1ccccc1. The number of rotatable bonds is 7. The average Bonchev–Trinajstić information content (AvgIpc) is 2.70. The molecule has 0 aliphatic carbocycles. The Morgan fingerprint density at radius 1 is 1.19 bits per heavy atom. The maximum atomic E-state index is 12.7. The first-order valence-electron chi connectivity index (χ1n) is 9.00. The molecule has 2 amide bonds. The maximum absolute atomic E-state index is 12.7. The number of carbonyl (C=O) groups excluding carboxylic acids is 2. The highest BCUT2D eigenvalue weighted by Crippen LogP contribution is 2.17. The fraction of sp³-hybridized carbons (Fsp3) is 0.333. The molecule has 1 fully saturated rings. The van der Waals surface area contributed by atoms with Gasteiger partial charge in [-0.2, -0.15) is 0 Å². The number of nitrogens with zero attached hydrogens (tertiary/aromatic N) is 1. The molecule has 1 aliphatic heterocycles. The lowest BCUT2D eigenvalue weighted by Gasteiger charge is -2.34. The van der Waals surface area contributed by atoms with Crippen molar-refractivity contribution >= 4 is 11.8 Å². The van der Waals surface area contributed by atoms with Gasteiger partial charge in [0.05, 0.1) is 13.7 Å². The Labute approximate surface area is 159 Å². The number of carbonyl (C=O) groups is 2. The maximum Gasteiger partial charge on any atom is 0.249 e. The van der Waals surface area contributed by atoms with Crippen LogP contribution in [0.4, 0.5) is 0 Å². The van der Waals surface area contributed by atoms with E-state index in [1.807, 2.05) is 54.6 Å². The van der Waals surface area contributed by atoms with Gasteiger partial charge in [-0.15, -0.1) is 0 Å². The van der Waals surface area contributed by atoms with E-state index in [0.29, 0.717) is 19.5 Å². The lowest BCUT2D eigenvalue weighted by atomic mass is 10.1. The smallest absolute Gasteiger partial charge is 0.249 e. The van der Waals surface area contributed by atoms with Crippen molar-refractivity contribution in [2.75, 3.05) is 26.9 Å². The van der Waals surface area contributed by atoms with Crippen LogP contribution in [0.5, 0.6) is 5.75 Å². The largest absolute Gasteiger partial charge is 0.496 e. The topological polar surface area (TPSA) is 67.9 Å². The van der Waals surface area contributed by atoms with Gasteiger partial charge in [-0.1, -0.05) is 48.5 Å². The van der Waals surface area contributed by atoms with Gasteiger partial charge in [0.25, 0.3) is 0 Å². The van der Waals surface area contributed by atoms with Gasteiger partial charge in [-0.25, -0.2) is 0 Å². The Morgan fingerprint density at radius 2 is 1.93 bits per heavy atom. The predicted octanol–water partition coefficient (Wildman–Crippen LogP) is 1.78. The first-order chi connectivity index (χ1) is 13.2. The summed E-state index contributed by atoms with van der Waals surface area (Å²) in [6, 6.07) is 16.7. The zero-order valence-corrected chi connectivity index (χ0v) is 15.4. The summed E-state index contributed by atoms with van der Waals surface area (Å²) in [6.45, 7) is 1.08. The molecule has 27 heavy (non-hydrogen) atoms. The number of nitrogens with one attached hydrogen (secondary N) is 1. The quantitative estimate of drug-likeness (QED) is 0.809. The van der Waals surface area contributed by atoms with E-state index in [0.717, 1.165) is 16.9 Å². The van der Waals surface area contributed by atoms with Crippen LogP contribution in [0.2, 0.25) is 0 Å². The summed E-state index contributed by atoms with van der Waals surface area (Å²) in [5, 5.41) is 2.92. The van der Waals surface area contributed by atoms with Crippen molar-refractivity contribution < 1.29 is 19.1 Å². The summed E-state index contributed by atoms with van der Waals surface area (Å²) in [5.74, 6) is 0.428. The molecule has 0 aromatic heterocycles. The Kier molecular flexibility index (Phi) is 6.44. The highest BCUT2D eigenvalue weighted by Gasteiger charge is 2.33. The monoisotopic (exact) mass is 368 g/mol. The summed E-state index contributed by atoms with van der Waals surface area (Å²) in [5.41, 5.74) is 2.01. The Balaban J connectivity index is 1.60. The molecule has 2 aromatic carbocycles. The number of hydrogen-bond donors (Lipinski definition) is 1. The highest BCUT2D eigenvalue weighted by atomic mass is 16.5. The predicted molar refractivity (Wildman–Crippen MR) is 101 cm³/mol. The molecule has 6 heteroatoms. The van der Waals surface area contributed by atoms with Crippen LogP contribution >= 0.6 is 0 Å². The second kappa shape index (κ2) is 9.19. The van der Waals surface area contributed by atoms with E-state index in [-0.39, 0.29) is 25.0 Å². The number of hydrogen-bond acceptors (Lipinski definition) is 4. The van der Waals surface area contributed by atoms with E-state index < -0.39 is 6.04 Å². The molecule has 1 heterocycles. The van der Waals surface area contributed by atoms with Crippen LogP contribution < -0.4 is 10.1 Å². The molecule has 3 rings (SSSR count). The average molecular weight is 368 g/mol.